The van der Waals surface area contributed by atoms with Crippen LogP contribution in [0.2, 0.25) is 0 Å². The zero-order valence-corrected chi connectivity index (χ0v) is 16.8. The first kappa shape index (κ1) is 19.1. The van der Waals surface area contributed by atoms with E-state index in [0.717, 1.165) is 33.8 Å². The third-order valence-electron chi connectivity index (χ3n) is 5.35. The third kappa shape index (κ3) is 4.27. The molecule has 1 aromatic heterocycles. The predicted octanol–water partition coefficient (Wildman–Crippen LogP) is 4.75. The normalized spacial score (nSPS) is 13.5. The number of rotatable bonds is 7. The summed E-state index contributed by atoms with van der Waals surface area (Å²) in [7, 11) is 1.66. The maximum atomic E-state index is 12.6. The summed E-state index contributed by atoms with van der Waals surface area (Å²) in [6, 6.07) is 20.1. The minimum atomic E-state index is 0.211. The average Bonchev–Trinajstić information content (AvgIpc) is 3.17. The Kier molecular flexibility index (Phi) is 5.52. The average molecular weight is 384 g/mol. The van der Waals surface area contributed by atoms with Crippen molar-refractivity contribution in [1.82, 2.24) is 4.98 Å². The van der Waals surface area contributed by atoms with Crippen LogP contribution >= 0.6 is 0 Å². The maximum Gasteiger partial charge on any atom is 0.139 e. The SMILES string of the molecule is COc1ccc(C2=NCc3cc(CC(=O)C[C@H](C)c4ccccc4)ncc32)cc1. The monoisotopic (exact) mass is 384 g/mol. The number of hydrogen-bond acceptors (Lipinski definition) is 4. The first-order valence-corrected chi connectivity index (χ1v) is 9.87. The number of nitrogens with zero attached hydrogens (tertiary/aromatic N) is 2. The van der Waals surface area contributed by atoms with Gasteiger partial charge in [-0.05, 0) is 47.4 Å². The summed E-state index contributed by atoms with van der Waals surface area (Å²) in [4.78, 5) is 21.8. The molecule has 3 aromatic rings. The van der Waals surface area contributed by atoms with Crippen LogP contribution in [0.25, 0.3) is 0 Å². The van der Waals surface area contributed by atoms with Crippen molar-refractivity contribution in [2.24, 2.45) is 4.99 Å². The highest BCUT2D eigenvalue weighted by molar-refractivity contribution is 6.15. The fourth-order valence-corrected chi connectivity index (χ4v) is 3.75. The zero-order valence-electron chi connectivity index (χ0n) is 16.8. The molecular weight excluding hydrogens is 360 g/mol. The van der Waals surface area contributed by atoms with E-state index in [0.29, 0.717) is 19.4 Å². The molecule has 1 atom stereocenters. The van der Waals surface area contributed by atoms with Gasteiger partial charge < -0.3 is 4.74 Å². The molecule has 4 heteroatoms. The van der Waals surface area contributed by atoms with E-state index in [2.05, 4.69) is 29.0 Å². The van der Waals surface area contributed by atoms with Gasteiger partial charge in [0, 0.05) is 35.9 Å². The van der Waals surface area contributed by atoms with Crippen LogP contribution in [0.3, 0.4) is 0 Å². The first-order valence-electron chi connectivity index (χ1n) is 9.87. The lowest BCUT2D eigenvalue weighted by Gasteiger charge is -2.11. The number of fused-ring (bicyclic) bond motifs is 1. The molecule has 4 rings (SSSR count). The summed E-state index contributed by atoms with van der Waals surface area (Å²) in [5.41, 5.74) is 6.19. The summed E-state index contributed by atoms with van der Waals surface area (Å²) in [6.07, 6.45) is 2.74. The highest BCUT2D eigenvalue weighted by Gasteiger charge is 2.20. The molecule has 0 amide bonds. The Morgan fingerprint density at radius 3 is 2.59 bits per heavy atom. The van der Waals surface area contributed by atoms with Crippen molar-refractivity contribution < 1.29 is 9.53 Å². The molecule has 29 heavy (non-hydrogen) atoms. The van der Waals surface area contributed by atoms with Crippen LogP contribution in [0.5, 0.6) is 5.75 Å². The Labute approximate surface area is 171 Å². The van der Waals surface area contributed by atoms with Gasteiger partial charge in [-0.25, -0.2) is 0 Å². The largest absolute Gasteiger partial charge is 0.497 e. The Balaban J connectivity index is 1.43. The van der Waals surface area contributed by atoms with E-state index >= 15 is 0 Å². The number of aromatic nitrogens is 1. The molecule has 0 fully saturated rings. The summed E-state index contributed by atoms with van der Waals surface area (Å²) >= 11 is 0. The molecule has 1 aliphatic rings. The van der Waals surface area contributed by atoms with Crippen molar-refractivity contribution in [2.45, 2.75) is 32.2 Å². The molecule has 0 N–H and O–H groups in total. The summed E-state index contributed by atoms with van der Waals surface area (Å²) in [5.74, 6) is 1.25. The molecule has 0 aliphatic carbocycles. The first-order chi connectivity index (χ1) is 14.1. The molecule has 2 aromatic carbocycles. The van der Waals surface area contributed by atoms with Crippen molar-refractivity contribution in [2.75, 3.05) is 7.11 Å². The standard InChI is InChI=1S/C25H24N2O2/c1-17(18-6-4-3-5-7-18)12-22(28)14-21-13-20-15-27-25(24(20)16-26-21)19-8-10-23(29-2)11-9-19/h3-11,13,16-17H,12,14-15H2,1-2H3/t17-/m0/s1. The molecule has 0 unspecified atom stereocenters. The molecule has 0 saturated carbocycles. The van der Waals surface area contributed by atoms with Gasteiger partial charge in [0.15, 0.2) is 0 Å². The van der Waals surface area contributed by atoms with Gasteiger partial charge in [-0.3, -0.25) is 14.8 Å². The molecule has 0 bridgehead atoms. The zero-order chi connectivity index (χ0) is 20.2. The molecule has 146 valence electrons. The summed E-state index contributed by atoms with van der Waals surface area (Å²) in [6.45, 7) is 2.72. The van der Waals surface area contributed by atoms with Gasteiger partial charge in [-0.1, -0.05) is 37.3 Å². The number of ether oxygens (including phenoxy) is 1. The van der Waals surface area contributed by atoms with Crippen molar-refractivity contribution >= 4 is 11.5 Å². The van der Waals surface area contributed by atoms with Crippen LogP contribution in [0.1, 0.15) is 47.2 Å². The Morgan fingerprint density at radius 1 is 1.10 bits per heavy atom. The van der Waals surface area contributed by atoms with Crippen LogP contribution < -0.4 is 4.74 Å². The lowest BCUT2D eigenvalue weighted by atomic mass is 9.94. The van der Waals surface area contributed by atoms with Crippen molar-refractivity contribution in [1.29, 1.82) is 0 Å². The topological polar surface area (TPSA) is 51.5 Å². The number of carbonyl (C=O) groups is 1. The summed E-state index contributed by atoms with van der Waals surface area (Å²) in [5, 5.41) is 0. The Hall–Kier alpha value is -3.27. The minimum absolute atomic E-state index is 0.211. The summed E-state index contributed by atoms with van der Waals surface area (Å²) < 4.78 is 5.23. The number of benzene rings is 2. The van der Waals surface area contributed by atoms with Crippen LogP contribution in [0.15, 0.2) is 71.9 Å². The van der Waals surface area contributed by atoms with E-state index in [1.165, 1.54) is 5.56 Å². The molecule has 2 heterocycles. The van der Waals surface area contributed by atoms with E-state index in [-0.39, 0.29) is 11.7 Å². The predicted molar refractivity (Wildman–Crippen MR) is 115 cm³/mol. The number of hydrogen-bond donors (Lipinski definition) is 0. The van der Waals surface area contributed by atoms with Crippen molar-refractivity contribution in [3.8, 4) is 5.75 Å². The lowest BCUT2D eigenvalue weighted by molar-refractivity contribution is -0.118. The number of pyridine rings is 1. The third-order valence-corrected chi connectivity index (χ3v) is 5.35. The van der Waals surface area contributed by atoms with Gasteiger partial charge >= 0.3 is 0 Å². The van der Waals surface area contributed by atoms with Crippen LogP contribution in [0, 0.1) is 0 Å². The van der Waals surface area contributed by atoms with E-state index in [9.17, 15) is 4.79 Å². The number of methoxy groups -OCH3 is 1. The van der Waals surface area contributed by atoms with Gasteiger partial charge in [0.1, 0.15) is 11.5 Å². The van der Waals surface area contributed by atoms with E-state index in [4.69, 9.17) is 4.74 Å². The second kappa shape index (κ2) is 8.39. The molecule has 0 saturated heterocycles. The van der Waals surface area contributed by atoms with E-state index < -0.39 is 0 Å². The lowest BCUT2D eigenvalue weighted by Crippen LogP contribution is -2.10. The van der Waals surface area contributed by atoms with Crippen molar-refractivity contribution in [3.05, 3.63) is 94.8 Å². The highest BCUT2D eigenvalue weighted by Crippen LogP contribution is 2.25. The Morgan fingerprint density at radius 2 is 1.86 bits per heavy atom. The van der Waals surface area contributed by atoms with Gasteiger partial charge in [0.25, 0.3) is 0 Å². The smallest absolute Gasteiger partial charge is 0.139 e. The Bertz CT molecular complexity index is 1040. The number of aliphatic imine (C=N–C) groups is 1. The highest BCUT2D eigenvalue weighted by atomic mass is 16.5. The molecule has 0 spiro atoms. The molecule has 0 radical (unpaired) electrons. The van der Waals surface area contributed by atoms with E-state index in [1.807, 2.05) is 54.7 Å². The van der Waals surface area contributed by atoms with Gasteiger partial charge in [-0.15, -0.1) is 0 Å². The second-order valence-corrected chi connectivity index (χ2v) is 7.46. The number of ketones is 1. The fraction of sp³-hybridized carbons (Fsp3) is 0.240. The quantitative estimate of drug-likeness (QED) is 0.591. The maximum absolute atomic E-state index is 12.6. The van der Waals surface area contributed by atoms with Gasteiger partial charge in [-0.2, -0.15) is 0 Å². The molecule has 1 aliphatic heterocycles. The van der Waals surface area contributed by atoms with Crippen LogP contribution in [-0.2, 0) is 17.8 Å². The van der Waals surface area contributed by atoms with Crippen LogP contribution in [-0.4, -0.2) is 23.6 Å². The van der Waals surface area contributed by atoms with E-state index in [1.54, 1.807) is 7.11 Å². The molecular formula is C25H24N2O2. The second-order valence-electron chi connectivity index (χ2n) is 7.46. The van der Waals surface area contributed by atoms with Gasteiger partial charge in [0.2, 0.25) is 0 Å². The minimum Gasteiger partial charge on any atom is -0.497 e. The van der Waals surface area contributed by atoms with Gasteiger partial charge in [0.05, 0.1) is 19.4 Å². The number of Topliss-reactive ketones (excluding diaryl/α,β-unsaturated/α-hetero) is 1. The number of carbonyl (C=O) groups excluding carboxylic acids is 1. The van der Waals surface area contributed by atoms with Crippen LogP contribution in [0.4, 0.5) is 0 Å². The van der Waals surface area contributed by atoms with Crippen molar-refractivity contribution in [3.63, 3.8) is 0 Å². The fourth-order valence-electron chi connectivity index (χ4n) is 3.75. The molecule has 4 nitrogen and oxygen atoms in total.